The van der Waals surface area contributed by atoms with Crippen LogP contribution in [0.2, 0.25) is 0 Å². The van der Waals surface area contributed by atoms with Crippen molar-refractivity contribution in [2.45, 2.75) is 19.4 Å². The Labute approximate surface area is 148 Å². The van der Waals surface area contributed by atoms with Crippen molar-refractivity contribution < 1.29 is 14.6 Å². The van der Waals surface area contributed by atoms with Crippen molar-refractivity contribution in [2.24, 2.45) is 5.10 Å². The molecule has 0 bridgehead atoms. The van der Waals surface area contributed by atoms with Crippen molar-refractivity contribution >= 4 is 21.6 Å². The van der Waals surface area contributed by atoms with Crippen LogP contribution in [0.15, 0.2) is 39.9 Å². The maximum Gasteiger partial charge on any atom is 0.231 e. The fraction of sp³-hybridized carbons (Fsp3) is 0.278. The number of rotatable bonds is 2. The van der Waals surface area contributed by atoms with Gasteiger partial charge in [0.15, 0.2) is 11.5 Å². The van der Waals surface area contributed by atoms with Gasteiger partial charge in [0.05, 0.1) is 16.2 Å². The van der Waals surface area contributed by atoms with Crippen LogP contribution in [0, 0.1) is 6.92 Å². The summed E-state index contributed by atoms with van der Waals surface area (Å²) in [7, 11) is 1.95. The van der Waals surface area contributed by atoms with Gasteiger partial charge in [0.2, 0.25) is 6.79 Å². The van der Waals surface area contributed by atoms with Crippen LogP contribution in [-0.4, -0.2) is 29.7 Å². The molecule has 5 nitrogen and oxygen atoms in total. The van der Waals surface area contributed by atoms with E-state index in [1.165, 1.54) is 0 Å². The number of hydrogen-bond donors (Lipinski definition) is 1. The van der Waals surface area contributed by atoms with E-state index in [1.54, 1.807) is 0 Å². The number of aromatic hydroxyl groups is 1. The molecule has 2 aliphatic heterocycles. The molecule has 4 rings (SSSR count). The maximum atomic E-state index is 10.4. The number of benzene rings is 2. The minimum Gasteiger partial charge on any atom is -0.506 e. The number of hydrogen-bond acceptors (Lipinski definition) is 5. The number of nitrogens with zero attached hydrogens (tertiary/aromatic N) is 2. The van der Waals surface area contributed by atoms with E-state index in [0.29, 0.717) is 4.47 Å². The van der Waals surface area contributed by atoms with Crippen molar-refractivity contribution in [3.63, 3.8) is 0 Å². The van der Waals surface area contributed by atoms with Crippen LogP contribution in [-0.2, 0) is 0 Å². The molecule has 6 heteroatoms. The molecule has 2 aromatic carbocycles. The lowest BCUT2D eigenvalue weighted by atomic mass is 9.97. The molecule has 0 saturated carbocycles. The Kier molecular flexibility index (Phi) is 3.64. The highest BCUT2D eigenvalue weighted by Gasteiger charge is 2.29. The van der Waals surface area contributed by atoms with Gasteiger partial charge in [-0.1, -0.05) is 6.07 Å². The Balaban J connectivity index is 1.65. The molecule has 0 aromatic heterocycles. The van der Waals surface area contributed by atoms with E-state index < -0.39 is 0 Å². The average Bonchev–Trinajstić information content (AvgIpc) is 3.16. The number of hydrazone groups is 1. The van der Waals surface area contributed by atoms with Crippen LogP contribution >= 0.6 is 15.9 Å². The molecule has 0 fully saturated rings. The topological polar surface area (TPSA) is 54.3 Å². The Morgan fingerprint density at radius 2 is 2.00 bits per heavy atom. The summed E-state index contributed by atoms with van der Waals surface area (Å²) in [5, 5.41) is 17.0. The van der Waals surface area contributed by atoms with Crippen molar-refractivity contribution in [3.05, 3.63) is 51.5 Å². The molecule has 1 unspecified atom stereocenters. The lowest BCUT2D eigenvalue weighted by molar-refractivity contribution is 0.174. The number of fused-ring (bicyclic) bond motifs is 1. The third kappa shape index (κ3) is 2.51. The van der Waals surface area contributed by atoms with Gasteiger partial charge in [-0.25, -0.2) is 0 Å². The van der Waals surface area contributed by atoms with E-state index in [9.17, 15) is 5.11 Å². The van der Waals surface area contributed by atoms with Gasteiger partial charge >= 0.3 is 0 Å². The normalized spacial score (nSPS) is 18.9. The third-order valence-corrected chi connectivity index (χ3v) is 5.02. The third-order valence-electron chi connectivity index (χ3n) is 4.42. The fourth-order valence-corrected chi connectivity index (χ4v) is 3.76. The molecule has 0 aliphatic carbocycles. The molecular weight excluding hydrogens is 372 g/mol. The van der Waals surface area contributed by atoms with Gasteiger partial charge in [0.1, 0.15) is 5.75 Å². The first-order chi connectivity index (χ1) is 11.5. The largest absolute Gasteiger partial charge is 0.506 e. The Morgan fingerprint density at radius 1 is 1.21 bits per heavy atom. The van der Waals surface area contributed by atoms with Gasteiger partial charge in [-0.2, -0.15) is 5.10 Å². The van der Waals surface area contributed by atoms with Crippen LogP contribution in [0.1, 0.15) is 29.2 Å². The molecule has 2 aliphatic rings. The minimum atomic E-state index is 0.105. The second-order valence-electron chi connectivity index (χ2n) is 6.10. The number of ether oxygens (including phenoxy) is 2. The second kappa shape index (κ2) is 5.70. The van der Waals surface area contributed by atoms with Gasteiger partial charge in [-0.15, -0.1) is 0 Å². The number of halogens is 1. The Bertz CT molecular complexity index is 850. The van der Waals surface area contributed by atoms with E-state index in [4.69, 9.17) is 9.47 Å². The summed E-state index contributed by atoms with van der Waals surface area (Å²) in [5.41, 5.74) is 3.84. The van der Waals surface area contributed by atoms with Gasteiger partial charge in [0, 0.05) is 19.0 Å². The second-order valence-corrected chi connectivity index (χ2v) is 6.95. The van der Waals surface area contributed by atoms with Gasteiger partial charge in [-0.3, -0.25) is 5.01 Å². The van der Waals surface area contributed by atoms with E-state index in [2.05, 4.69) is 21.0 Å². The van der Waals surface area contributed by atoms with Crippen LogP contribution in [0.4, 0.5) is 0 Å². The quantitative estimate of drug-likeness (QED) is 0.845. The Morgan fingerprint density at radius 3 is 2.83 bits per heavy atom. The number of phenols is 1. The average molecular weight is 389 g/mol. The molecule has 2 heterocycles. The summed E-state index contributed by atoms with van der Waals surface area (Å²) in [4.78, 5) is 0. The first-order valence-electron chi connectivity index (χ1n) is 7.72. The predicted octanol–water partition coefficient (Wildman–Crippen LogP) is 3.97. The maximum absolute atomic E-state index is 10.4. The molecule has 0 saturated heterocycles. The van der Waals surface area contributed by atoms with Crippen molar-refractivity contribution in [1.82, 2.24) is 5.01 Å². The standard InChI is InChI=1S/C18H17BrN2O3/c1-10-5-12(18(22)13(19)6-10)14-8-15(21(2)20-14)11-3-4-16-17(7-11)24-9-23-16/h3-7,15,22H,8-9H2,1-2H3. The first-order valence-corrected chi connectivity index (χ1v) is 8.51. The SMILES string of the molecule is Cc1cc(Br)c(O)c(C2=NN(C)C(c3ccc4c(c3)OCO4)C2)c1. The minimum absolute atomic E-state index is 0.105. The van der Waals surface area contributed by atoms with Gasteiger partial charge in [-0.05, 0) is 58.2 Å². The fourth-order valence-electron chi connectivity index (χ4n) is 3.19. The summed E-state index contributed by atoms with van der Waals surface area (Å²) in [6.45, 7) is 2.27. The van der Waals surface area contributed by atoms with Crippen LogP contribution in [0.3, 0.4) is 0 Å². The summed E-state index contributed by atoms with van der Waals surface area (Å²) < 4.78 is 11.5. The molecule has 1 atom stereocenters. The van der Waals surface area contributed by atoms with Crippen molar-refractivity contribution in [1.29, 1.82) is 0 Å². The van der Waals surface area contributed by atoms with Gasteiger partial charge < -0.3 is 14.6 Å². The molecule has 124 valence electrons. The zero-order valence-electron chi connectivity index (χ0n) is 13.4. The highest BCUT2D eigenvalue weighted by atomic mass is 79.9. The van der Waals surface area contributed by atoms with E-state index in [-0.39, 0.29) is 18.6 Å². The first kappa shape index (κ1) is 15.3. The Hall–Kier alpha value is -2.21. The number of phenolic OH excluding ortho intramolecular Hbond substituents is 1. The summed E-state index contributed by atoms with van der Waals surface area (Å²) in [6.07, 6.45) is 0.722. The number of aryl methyl sites for hydroxylation is 1. The lowest BCUT2D eigenvalue weighted by Crippen LogP contribution is -2.13. The lowest BCUT2D eigenvalue weighted by Gasteiger charge is -2.19. The predicted molar refractivity (Wildman–Crippen MR) is 94.8 cm³/mol. The monoisotopic (exact) mass is 388 g/mol. The zero-order valence-corrected chi connectivity index (χ0v) is 15.0. The zero-order chi connectivity index (χ0) is 16.8. The highest BCUT2D eigenvalue weighted by Crippen LogP contribution is 2.40. The van der Waals surface area contributed by atoms with Crippen molar-refractivity contribution in [2.75, 3.05) is 13.8 Å². The molecule has 24 heavy (non-hydrogen) atoms. The van der Waals surface area contributed by atoms with Crippen LogP contribution in [0.5, 0.6) is 17.2 Å². The molecular formula is C18H17BrN2O3. The smallest absolute Gasteiger partial charge is 0.231 e. The van der Waals surface area contributed by atoms with E-state index >= 15 is 0 Å². The summed E-state index contributed by atoms with van der Waals surface area (Å²) >= 11 is 3.40. The molecule has 1 N–H and O–H groups in total. The summed E-state index contributed by atoms with van der Waals surface area (Å²) in [6, 6.07) is 9.95. The van der Waals surface area contributed by atoms with Crippen LogP contribution in [0.25, 0.3) is 0 Å². The highest BCUT2D eigenvalue weighted by molar-refractivity contribution is 9.10. The van der Waals surface area contributed by atoms with Crippen molar-refractivity contribution in [3.8, 4) is 17.2 Å². The molecule has 0 radical (unpaired) electrons. The van der Waals surface area contributed by atoms with E-state index in [1.807, 2.05) is 49.3 Å². The summed E-state index contributed by atoms with van der Waals surface area (Å²) in [5.74, 6) is 1.79. The molecule has 0 spiro atoms. The molecule has 0 amide bonds. The van der Waals surface area contributed by atoms with Gasteiger partial charge in [0.25, 0.3) is 0 Å². The molecule has 2 aromatic rings. The van der Waals surface area contributed by atoms with Crippen LogP contribution < -0.4 is 9.47 Å². The van der Waals surface area contributed by atoms with E-state index in [0.717, 1.165) is 40.3 Å².